The summed E-state index contributed by atoms with van der Waals surface area (Å²) in [5.41, 5.74) is 5.62. The van der Waals surface area contributed by atoms with Crippen LogP contribution in [-0.2, 0) is 14.3 Å². The predicted molar refractivity (Wildman–Crippen MR) is 58.5 cm³/mol. The Hall–Kier alpha value is -1.14. The number of aliphatic hydroxyl groups is 1. The molecule has 0 aromatic heterocycles. The first-order chi connectivity index (χ1) is 7.42. The average Bonchev–Trinajstić information content (AvgIpc) is 2.23. The number of esters is 1. The quantitative estimate of drug-likeness (QED) is 0.510. The van der Waals surface area contributed by atoms with Crippen LogP contribution >= 0.6 is 0 Å². The van der Waals surface area contributed by atoms with E-state index in [1.807, 2.05) is 13.8 Å². The molecule has 0 fully saturated rings. The fourth-order valence-corrected chi connectivity index (χ4v) is 1.22. The highest BCUT2D eigenvalue weighted by molar-refractivity contribution is 5.87. The van der Waals surface area contributed by atoms with Crippen LogP contribution in [0.1, 0.15) is 20.3 Å². The zero-order valence-corrected chi connectivity index (χ0v) is 9.90. The Morgan fingerprint density at radius 2 is 2.00 bits per heavy atom. The van der Waals surface area contributed by atoms with Crippen molar-refractivity contribution in [2.24, 2.45) is 11.7 Å². The Bertz CT molecular complexity index is 243. The first-order valence-electron chi connectivity index (χ1n) is 5.17. The molecule has 0 aliphatic carbocycles. The maximum absolute atomic E-state index is 11.5. The van der Waals surface area contributed by atoms with Gasteiger partial charge in [0.05, 0.1) is 19.8 Å². The Morgan fingerprint density at radius 1 is 1.44 bits per heavy atom. The Balaban J connectivity index is 4.24. The standard InChI is InChI=1S/C10H20N2O4/c1-6(2)4-7(11)9(14)12-8(5-13)10(15)16-3/h6-8,13H,4-5,11H2,1-3H3,(H,12,14)/t7-,8-/m0/s1. The Morgan fingerprint density at radius 3 is 2.38 bits per heavy atom. The highest BCUT2D eigenvalue weighted by atomic mass is 16.5. The molecule has 0 radical (unpaired) electrons. The molecule has 6 heteroatoms. The number of nitrogens with two attached hydrogens (primary N) is 1. The molecule has 0 aromatic rings. The van der Waals surface area contributed by atoms with Gasteiger partial charge >= 0.3 is 5.97 Å². The summed E-state index contributed by atoms with van der Waals surface area (Å²) in [4.78, 5) is 22.6. The van der Waals surface area contributed by atoms with Crippen LogP contribution in [0, 0.1) is 5.92 Å². The molecule has 0 unspecified atom stereocenters. The molecule has 16 heavy (non-hydrogen) atoms. The molecule has 94 valence electrons. The second-order valence-corrected chi connectivity index (χ2v) is 4.00. The lowest BCUT2D eigenvalue weighted by Gasteiger charge is -2.18. The molecule has 0 aliphatic rings. The number of carbonyl (C=O) groups excluding carboxylic acids is 2. The van der Waals surface area contributed by atoms with E-state index in [2.05, 4.69) is 10.1 Å². The van der Waals surface area contributed by atoms with Gasteiger partial charge in [-0.25, -0.2) is 4.79 Å². The summed E-state index contributed by atoms with van der Waals surface area (Å²) in [6.07, 6.45) is 0.519. The van der Waals surface area contributed by atoms with Gasteiger partial charge in [-0.05, 0) is 12.3 Å². The summed E-state index contributed by atoms with van der Waals surface area (Å²) in [6, 6.07) is -1.73. The van der Waals surface area contributed by atoms with E-state index in [1.165, 1.54) is 7.11 Å². The maximum Gasteiger partial charge on any atom is 0.330 e. The van der Waals surface area contributed by atoms with E-state index in [1.54, 1.807) is 0 Å². The molecule has 0 rings (SSSR count). The first kappa shape index (κ1) is 14.9. The van der Waals surface area contributed by atoms with Crippen molar-refractivity contribution in [1.82, 2.24) is 5.32 Å². The van der Waals surface area contributed by atoms with Gasteiger partial charge in [-0.1, -0.05) is 13.8 Å². The van der Waals surface area contributed by atoms with Gasteiger partial charge in [-0.15, -0.1) is 0 Å². The van der Waals surface area contributed by atoms with Crippen molar-refractivity contribution >= 4 is 11.9 Å². The monoisotopic (exact) mass is 232 g/mol. The molecule has 0 aromatic carbocycles. The molecule has 0 bridgehead atoms. The largest absolute Gasteiger partial charge is 0.467 e. The van der Waals surface area contributed by atoms with Crippen LogP contribution < -0.4 is 11.1 Å². The van der Waals surface area contributed by atoms with Crippen molar-refractivity contribution < 1.29 is 19.4 Å². The molecule has 1 amide bonds. The SMILES string of the molecule is COC(=O)[C@H](CO)NC(=O)[C@@H](N)CC(C)C. The molecular formula is C10H20N2O4. The van der Waals surface area contributed by atoms with Crippen molar-refractivity contribution in [3.63, 3.8) is 0 Å². The zero-order chi connectivity index (χ0) is 12.7. The van der Waals surface area contributed by atoms with Crippen molar-refractivity contribution in [2.75, 3.05) is 13.7 Å². The normalized spacial score (nSPS) is 14.4. The molecule has 4 N–H and O–H groups in total. The number of carbonyl (C=O) groups is 2. The lowest BCUT2D eigenvalue weighted by molar-refractivity contribution is -0.146. The summed E-state index contributed by atoms with van der Waals surface area (Å²) in [6.45, 7) is 3.38. The third-order valence-electron chi connectivity index (χ3n) is 2.05. The van der Waals surface area contributed by atoms with Crippen LogP contribution in [0.2, 0.25) is 0 Å². The molecule has 0 saturated heterocycles. The number of ether oxygens (including phenoxy) is 1. The van der Waals surface area contributed by atoms with Gasteiger partial charge < -0.3 is 20.9 Å². The number of nitrogens with one attached hydrogen (secondary N) is 1. The number of methoxy groups -OCH3 is 1. The smallest absolute Gasteiger partial charge is 0.330 e. The Labute approximate surface area is 95.1 Å². The van der Waals surface area contributed by atoms with Crippen molar-refractivity contribution in [3.05, 3.63) is 0 Å². The average molecular weight is 232 g/mol. The summed E-state index contributed by atoms with van der Waals surface area (Å²) in [5, 5.41) is 11.2. The van der Waals surface area contributed by atoms with Crippen molar-refractivity contribution in [1.29, 1.82) is 0 Å². The zero-order valence-electron chi connectivity index (χ0n) is 9.90. The molecule has 2 atom stereocenters. The topological polar surface area (TPSA) is 102 Å². The van der Waals surface area contributed by atoms with E-state index in [0.717, 1.165) is 0 Å². The van der Waals surface area contributed by atoms with E-state index in [4.69, 9.17) is 10.8 Å². The van der Waals surface area contributed by atoms with Crippen LogP contribution in [0.25, 0.3) is 0 Å². The van der Waals surface area contributed by atoms with E-state index in [9.17, 15) is 9.59 Å². The van der Waals surface area contributed by atoms with E-state index in [-0.39, 0.29) is 5.92 Å². The minimum absolute atomic E-state index is 0.284. The maximum atomic E-state index is 11.5. The van der Waals surface area contributed by atoms with E-state index < -0.39 is 30.6 Å². The first-order valence-corrected chi connectivity index (χ1v) is 5.17. The number of hydrogen-bond donors (Lipinski definition) is 3. The lowest BCUT2D eigenvalue weighted by Crippen LogP contribution is -2.50. The highest BCUT2D eigenvalue weighted by Gasteiger charge is 2.23. The van der Waals surface area contributed by atoms with Gasteiger partial charge in [0.25, 0.3) is 0 Å². The van der Waals surface area contributed by atoms with Crippen LogP contribution in [0.4, 0.5) is 0 Å². The van der Waals surface area contributed by atoms with Gasteiger partial charge in [0.15, 0.2) is 6.04 Å². The van der Waals surface area contributed by atoms with Gasteiger partial charge in [0, 0.05) is 0 Å². The van der Waals surface area contributed by atoms with Crippen molar-refractivity contribution in [2.45, 2.75) is 32.4 Å². The van der Waals surface area contributed by atoms with Gasteiger partial charge in [0.2, 0.25) is 5.91 Å². The third kappa shape index (κ3) is 5.09. The second-order valence-electron chi connectivity index (χ2n) is 4.00. The molecule has 0 spiro atoms. The molecule has 6 nitrogen and oxygen atoms in total. The number of aliphatic hydroxyl groups excluding tert-OH is 1. The summed E-state index contributed by atoms with van der Waals surface area (Å²) in [5.74, 6) is -0.864. The fraction of sp³-hybridized carbons (Fsp3) is 0.800. The summed E-state index contributed by atoms with van der Waals surface area (Å²) >= 11 is 0. The van der Waals surface area contributed by atoms with Crippen LogP contribution in [0.3, 0.4) is 0 Å². The van der Waals surface area contributed by atoms with Gasteiger partial charge in [0.1, 0.15) is 0 Å². The third-order valence-corrected chi connectivity index (χ3v) is 2.05. The van der Waals surface area contributed by atoms with E-state index in [0.29, 0.717) is 6.42 Å². The predicted octanol–water partition coefficient (Wildman–Crippen LogP) is -0.990. The molecule has 0 aliphatic heterocycles. The number of rotatable bonds is 6. The van der Waals surface area contributed by atoms with Gasteiger partial charge in [-0.2, -0.15) is 0 Å². The second kappa shape index (κ2) is 7.19. The van der Waals surface area contributed by atoms with Gasteiger partial charge in [-0.3, -0.25) is 4.79 Å². The minimum Gasteiger partial charge on any atom is -0.467 e. The number of hydrogen-bond acceptors (Lipinski definition) is 5. The fourth-order valence-electron chi connectivity index (χ4n) is 1.22. The molecule has 0 heterocycles. The van der Waals surface area contributed by atoms with Crippen LogP contribution in [-0.4, -0.2) is 42.8 Å². The molecular weight excluding hydrogens is 212 g/mol. The van der Waals surface area contributed by atoms with Crippen LogP contribution in [0.5, 0.6) is 0 Å². The highest BCUT2D eigenvalue weighted by Crippen LogP contribution is 2.02. The van der Waals surface area contributed by atoms with E-state index >= 15 is 0 Å². The molecule has 0 saturated carbocycles. The lowest BCUT2D eigenvalue weighted by atomic mass is 10.0. The summed E-state index contributed by atoms with van der Waals surface area (Å²) in [7, 11) is 1.19. The summed E-state index contributed by atoms with van der Waals surface area (Å²) < 4.78 is 4.41. The van der Waals surface area contributed by atoms with Crippen LogP contribution in [0.15, 0.2) is 0 Å². The number of amides is 1. The Kier molecular flexibility index (Phi) is 6.67. The van der Waals surface area contributed by atoms with Crippen molar-refractivity contribution in [3.8, 4) is 0 Å². The minimum atomic E-state index is -1.05.